The molecule has 3 aromatic rings. The van der Waals surface area contributed by atoms with Crippen LogP contribution >= 0.6 is 11.3 Å². The molecule has 0 saturated carbocycles. The number of nitrogens with one attached hydrogen (secondary N) is 3. The van der Waals surface area contributed by atoms with E-state index in [1.165, 1.54) is 11.3 Å². The van der Waals surface area contributed by atoms with E-state index in [9.17, 15) is 19.2 Å². The van der Waals surface area contributed by atoms with Crippen LogP contribution in [0.15, 0.2) is 23.0 Å². The zero-order valence-electron chi connectivity index (χ0n) is 16.8. The molecule has 2 aliphatic rings. The Morgan fingerprint density at radius 1 is 1.31 bits per heavy atom. The fourth-order valence-electron chi connectivity index (χ4n) is 4.14. The molecule has 1 aromatic carbocycles. The third-order valence-corrected chi connectivity index (χ3v) is 6.77. The van der Waals surface area contributed by atoms with Gasteiger partial charge in [-0.3, -0.25) is 19.2 Å². The molecule has 2 aromatic heterocycles. The first-order valence-electron chi connectivity index (χ1n) is 10.1. The Balaban J connectivity index is 1.39. The summed E-state index contributed by atoms with van der Waals surface area (Å²) in [5, 5.41) is 5.78. The molecule has 1 aliphatic heterocycles. The number of anilines is 1. The summed E-state index contributed by atoms with van der Waals surface area (Å²) in [4.78, 5) is 57.0. The first kappa shape index (κ1) is 20.2. The number of rotatable bonds is 4. The van der Waals surface area contributed by atoms with Gasteiger partial charge in [-0.15, -0.1) is 11.3 Å². The number of hydrogen-bond donors (Lipinski definition) is 4. The number of benzene rings is 1. The van der Waals surface area contributed by atoms with Gasteiger partial charge in [0.15, 0.2) is 6.61 Å². The average Bonchev–Trinajstić information content (AvgIpc) is 3.16. The summed E-state index contributed by atoms with van der Waals surface area (Å²) in [6.07, 6.45) is 2.16. The fourth-order valence-corrected chi connectivity index (χ4v) is 5.41. The highest BCUT2D eigenvalue weighted by molar-refractivity contribution is 7.18. The van der Waals surface area contributed by atoms with Crippen LogP contribution in [0.25, 0.3) is 10.2 Å². The first-order chi connectivity index (χ1) is 15.4. The molecule has 0 fully saturated rings. The van der Waals surface area contributed by atoms with Gasteiger partial charge in [-0.2, -0.15) is 0 Å². The van der Waals surface area contributed by atoms with Gasteiger partial charge in [0.1, 0.15) is 10.6 Å². The Morgan fingerprint density at radius 2 is 2.16 bits per heavy atom. The molecule has 1 unspecified atom stereocenters. The third kappa shape index (κ3) is 3.50. The molecule has 3 amide bonds. The van der Waals surface area contributed by atoms with Gasteiger partial charge < -0.3 is 26.1 Å². The largest absolute Gasteiger partial charge is 0.482 e. The lowest BCUT2D eigenvalue weighted by molar-refractivity contribution is -0.120. The lowest BCUT2D eigenvalue weighted by atomic mass is 9.86. The van der Waals surface area contributed by atoms with Crippen molar-refractivity contribution in [3.63, 3.8) is 0 Å². The van der Waals surface area contributed by atoms with E-state index in [0.717, 1.165) is 23.3 Å². The molecule has 1 aliphatic carbocycles. The summed E-state index contributed by atoms with van der Waals surface area (Å²) >= 11 is 1.32. The molecule has 5 N–H and O–H groups in total. The standard InChI is InChI=1S/C21H19N5O5S/c22-17(28)10-2-1-3-13-15(10)16-19(29)25-18(26-21(16)32-13)20(30)23-7-9-4-5-12-11(6-9)24-14(27)8-31-12/h4-6,10H,1-3,7-8H2,(H2,22,28)(H,23,30)(H,24,27)(H,25,26,29). The quantitative estimate of drug-likeness (QED) is 0.464. The van der Waals surface area contributed by atoms with Crippen molar-refractivity contribution >= 4 is 45.0 Å². The van der Waals surface area contributed by atoms with Gasteiger partial charge in [0.05, 0.1) is 17.0 Å². The summed E-state index contributed by atoms with van der Waals surface area (Å²) in [5.74, 6) is -1.30. The van der Waals surface area contributed by atoms with E-state index in [0.29, 0.717) is 33.6 Å². The predicted octanol–water partition coefficient (Wildman–Crippen LogP) is 1.15. The summed E-state index contributed by atoms with van der Waals surface area (Å²) in [5.41, 5.74) is 7.01. The third-order valence-electron chi connectivity index (χ3n) is 5.61. The topological polar surface area (TPSA) is 156 Å². The van der Waals surface area contributed by atoms with Crippen LogP contribution in [0.4, 0.5) is 5.69 Å². The molecule has 11 heteroatoms. The number of thiophene rings is 1. The zero-order chi connectivity index (χ0) is 22.4. The van der Waals surface area contributed by atoms with Gasteiger partial charge in [-0.25, -0.2) is 4.98 Å². The molecule has 0 bridgehead atoms. The first-order valence-corrected chi connectivity index (χ1v) is 10.9. The van der Waals surface area contributed by atoms with E-state index in [1.807, 2.05) is 0 Å². The number of carbonyl (C=O) groups is 3. The predicted molar refractivity (Wildman–Crippen MR) is 117 cm³/mol. The van der Waals surface area contributed by atoms with E-state index in [-0.39, 0.29) is 24.9 Å². The number of nitrogens with zero attached hydrogens (tertiary/aromatic N) is 1. The van der Waals surface area contributed by atoms with Gasteiger partial charge >= 0.3 is 0 Å². The Hall–Kier alpha value is -3.73. The average molecular weight is 453 g/mol. The van der Waals surface area contributed by atoms with Crippen molar-refractivity contribution in [3.05, 3.63) is 50.4 Å². The Morgan fingerprint density at radius 3 is 2.97 bits per heavy atom. The van der Waals surface area contributed by atoms with Crippen LogP contribution < -0.4 is 26.7 Å². The van der Waals surface area contributed by atoms with E-state index >= 15 is 0 Å². The molecule has 3 heterocycles. The minimum atomic E-state index is -0.542. The molecule has 1 atom stereocenters. The second kappa shape index (κ2) is 7.75. The smallest absolute Gasteiger partial charge is 0.287 e. The van der Waals surface area contributed by atoms with Crippen LogP contribution in [0, 0.1) is 0 Å². The normalized spacial score (nSPS) is 17.1. The number of ether oxygens (including phenoxy) is 1. The van der Waals surface area contributed by atoms with Crippen molar-refractivity contribution in [1.29, 1.82) is 0 Å². The van der Waals surface area contributed by atoms with Gasteiger partial charge in [0.25, 0.3) is 17.4 Å². The van der Waals surface area contributed by atoms with E-state index < -0.39 is 23.3 Å². The highest BCUT2D eigenvalue weighted by Gasteiger charge is 2.31. The van der Waals surface area contributed by atoms with Crippen molar-refractivity contribution in [3.8, 4) is 5.75 Å². The molecule has 32 heavy (non-hydrogen) atoms. The van der Waals surface area contributed by atoms with Crippen LogP contribution in [0.3, 0.4) is 0 Å². The van der Waals surface area contributed by atoms with Crippen LogP contribution in [0.2, 0.25) is 0 Å². The Labute approximate surface area is 185 Å². The van der Waals surface area contributed by atoms with Crippen molar-refractivity contribution in [2.24, 2.45) is 5.73 Å². The highest BCUT2D eigenvalue weighted by Crippen LogP contribution is 2.40. The summed E-state index contributed by atoms with van der Waals surface area (Å²) in [6, 6.07) is 5.20. The number of aromatic nitrogens is 2. The summed E-state index contributed by atoms with van der Waals surface area (Å²) in [7, 11) is 0. The fraction of sp³-hybridized carbons (Fsp3) is 0.286. The molecular weight excluding hydrogens is 434 g/mol. The van der Waals surface area contributed by atoms with Gasteiger partial charge in [0.2, 0.25) is 11.7 Å². The van der Waals surface area contributed by atoms with Gasteiger partial charge in [-0.05, 0) is 42.5 Å². The maximum Gasteiger partial charge on any atom is 0.287 e. The number of nitrogens with two attached hydrogens (primary N) is 1. The molecule has 5 rings (SSSR count). The highest BCUT2D eigenvalue weighted by atomic mass is 32.1. The maximum atomic E-state index is 12.8. The monoisotopic (exact) mass is 453 g/mol. The van der Waals surface area contributed by atoms with Crippen LogP contribution in [0.5, 0.6) is 5.75 Å². The summed E-state index contributed by atoms with van der Waals surface area (Å²) < 4.78 is 5.32. The minimum Gasteiger partial charge on any atom is -0.482 e. The second-order valence-corrected chi connectivity index (χ2v) is 8.81. The molecule has 0 radical (unpaired) electrons. The number of H-pyrrole nitrogens is 1. The molecular formula is C21H19N5O5S. The number of hydrogen-bond acceptors (Lipinski definition) is 7. The number of aromatic amines is 1. The Kier molecular flexibility index (Phi) is 4.89. The number of aryl methyl sites for hydroxylation is 1. The molecule has 10 nitrogen and oxygen atoms in total. The molecule has 0 spiro atoms. The van der Waals surface area contributed by atoms with Crippen molar-refractivity contribution < 1.29 is 19.1 Å². The zero-order valence-corrected chi connectivity index (χ0v) is 17.6. The SMILES string of the molecule is NC(=O)C1CCCc2sc3nc(C(=O)NCc4ccc5c(c4)NC(=O)CO5)[nH]c(=O)c3c21. The van der Waals surface area contributed by atoms with Gasteiger partial charge in [0, 0.05) is 11.4 Å². The molecule has 0 saturated heterocycles. The summed E-state index contributed by atoms with van der Waals surface area (Å²) in [6.45, 7) is 0.130. The lowest BCUT2D eigenvalue weighted by Gasteiger charge is -2.19. The van der Waals surface area contributed by atoms with E-state index in [1.54, 1.807) is 18.2 Å². The van der Waals surface area contributed by atoms with Gasteiger partial charge in [-0.1, -0.05) is 6.07 Å². The van der Waals surface area contributed by atoms with Crippen molar-refractivity contribution in [2.75, 3.05) is 11.9 Å². The number of carbonyl (C=O) groups excluding carboxylic acids is 3. The molecule has 164 valence electrons. The Bertz CT molecular complexity index is 1340. The van der Waals surface area contributed by atoms with Crippen molar-refractivity contribution in [1.82, 2.24) is 15.3 Å². The number of fused-ring (bicyclic) bond motifs is 4. The number of primary amides is 1. The lowest BCUT2D eigenvalue weighted by Crippen LogP contribution is -2.29. The van der Waals surface area contributed by atoms with Crippen LogP contribution in [-0.4, -0.2) is 34.3 Å². The maximum absolute atomic E-state index is 12.8. The van der Waals surface area contributed by atoms with E-state index in [4.69, 9.17) is 10.5 Å². The van der Waals surface area contributed by atoms with Crippen molar-refractivity contribution in [2.45, 2.75) is 31.7 Å². The minimum absolute atomic E-state index is 0.0308. The second-order valence-electron chi connectivity index (χ2n) is 7.73. The van der Waals surface area contributed by atoms with E-state index in [2.05, 4.69) is 20.6 Å². The van der Waals surface area contributed by atoms with Crippen LogP contribution in [0.1, 0.15) is 45.4 Å². The van der Waals surface area contributed by atoms with Crippen LogP contribution in [-0.2, 0) is 22.6 Å². The number of amides is 3.